The average molecular weight is 615 g/mol. The maximum Gasteiger partial charge on any atom is 0.143 e. The topological polar surface area (TPSA) is 53.3 Å². The van der Waals surface area contributed by atoms with Gasteiger partial charge in [0, 0.05) is 21.5 Å². The van der Waals surface area contributed by atoms with Crippen LogP contribution >= 0.6 is 0 Å². The number of hydrogen-bond acceptors (Lipinski definition) is 3. The lowest BCUT2D eigenvalue weighted by molar-refractivity contribution is 0.310. The monoisotopic (exact) mass is 614 g/mol. The van der Waals surface area contributed by atoms with Crippen molar-refractivity contribution in [3.8, 4) is 11.4 Å². The van der Waals surface area contributed by atoms with Crippen molar-refractivity contribution in [1.29, 1.82) is 0 Å². The molecule has 0 atom stereocenters. The number of ether oxygens (including phenoxy) is 1. The van der Waals surface area contributed by atoms with Crippen molar-refractivity contribution >= 4 is 71.0 Å². The number of benzene rings is 7. The van der Waals surface area contributed by atoms with Crippen molar-refractivity contribution < 1.29 is 9.15 Å². The van der Waals surface area contributed by atoms with Crippen molar-refractivity contribution in [3.63, 3.8) is 0 Å². The second kappa shape index (κ2) is 12.6. The Labute approximate surface area is 274 Å². The fourth-order valence-corrected chi connectivity index (χ4v) is 6.69. The minimum atomic E-state index is 0.393. The maximum atomic E-state index is 6.65. The first kappa shape index (κ1) is 29.9. The second-order valence-corrected chi connectivity index (χ2v) is 11.1. The van der Waals surface area contributed by atoms with Crippen molar-refractivity contribution in [2.45, 2.75) is 34.3 Å². The molecule has 0 fully saturated rings. The van der Waals surface area contributed by atoms with E-state index in [4.69, 9.17) is 14.9 Å². The Bertz CT molecular complexity index is 2540. The summed E-state index contributed by atoms with van der Waals surface area (Å²) in [5, 5.41) is 9.19. The Balaban J connectivity index is 0.000000848. The second-order valence-electron chi connectivity index (χ2n) is 11.1. The molecule has 4 heteroatoms. The number of hydrogen-bond donors (Lipinski definition) is 1. The Hall–Kier alpha value is -5.74. The number of nitrogen functional groups attached to an aromatic ring is 1. The smallest absolute Gasteiger partial charge is 0.143 e. The highest BCUT2D eigenvalue weighted by molar-refractivity contribution is 6.15. The Morgan fingerprint density at radius 1 is 0.553 bits per heavy atom. The van der Waals surface area contributed by atoms with Gasteiger partial charge in [-0.2, -0.15) is 0 Å². The van der Waals surface area contributed by atoms with Crippen LogP contribution in [0.2, 0.25) is 0 Å². The van der Waals surface area contributed by atoms with E-state index >= 15 is 0 Å². The van der Waals surface area contributed by atoms with Crippen LogP contribution < -0.4 is 10.5 Å². The van der Waals surface area contributed by atoms with Crippen LogP contribution in [0.3, 0.4) is 0 Å². The van der Waals surface area contributed by atoms with Crippen molar-refractivity contribution in [2.24, 2.45) is 0 Å². The van der Waals surface area contributed by atoms with Gasteiger partial charge in [-0.05, 0) is 64.2 Å². The van der Waals surface area contributed by atoms with Crippen LogP contribution in [0.25, 0.3) is 71.0 Å². The first-order valence-corrected chi connectivity index (χ1v) is 16.5. The minimum Gasteiger partial charge on any atom is -0.487 e. The summed E-state index contributed by atoms with van der Waals surface area (Å²) in [6.07, 6.45) is 0. The van der Waals surface area contributed by atoms with Gasteiger partial charge in [0.25, 0.3) is 0 Å². The molecule has 0 amide bonds. The van der Waals surface area contributed by atoms with E-state index < -0.39 is 0 Å². The number of fused-ring (bicyclic) bond motifs is 8. The zero-order valence-electron chi connectivity index (χ0n) is 27.2. The molecule has 0 radical (unpaired) electrons. The standard InChI is InChI=1S/C39H26N2O2.2C2H6/c40-39-37(20-19-36-38(39)30-14-6-8-16-35(30)43-36)42-23-26-17-18-33(28-12-4-3-11-27(26)28)41-32-15-7-5-13-29(32)31-21-24-9-1-2-10-25(24)22-34(31)41;2*1-2/h1-22H,23,40H2;2*1-2H3. The third-order valence-electron chi connectivity index (χ3n) is 8.70. The fraction of sp³-hybridized carbons (Fsp3) is 0.116. The largest absolute Gasteiger partial charge is 0.487 e. The SMILES string of the molecule is CC.CC.Nc1c(OCc2ccc(-n3c4ccccc4c4cc5ccccc5cc43)c3ccccc23)ccc2oc3ccccc3c12. The van der Waals surface area contributed by atoms with Gasteiger partial charge in [0.15, 0.2) is 0 Å². The molecule has 2 aromatic heterocycles. The molecular formula is C43H38N2O2. The van der Waals surface area contributed by atoms with E-state index in [2.05, 4.69) is 102 Å². The highest BCUT2D eigenvalue weighted by atomic mass is 16.5. The lowest BCUT2D eigenvalue weighted by Gasteiger charge is -2.16. The lowest BCUT2D eigenvalue weighted by Crippen LogP contribution is -2.02. The minimum absolute atomic E-state index is 0.393. The third kappa shape index (κ3) is 4.94. The van der Waals surface area contributed by atoms with Gasteiger partial charge in [-0.15, -0.1) is 0 Å². The molecule has 47 heavy (non-hydrogen) atoms. The molecule has 9 rings (SSSR count). The zero-order valence-corrected chi connectivity index (χ0v) is 27.2. The Kier molecular flexibility index (Phi) is 8.01. The van der Waals surface area contributed by atoms with Crippen LogP contribution in [-0.4, -0.2) is 4.57 Å². The van der Waals surface area contributed by atoms with Crippen LogP contribution in [-0.2, 0) is 6.61 Å². The highest BCUT2D eigenvalue weighted by Gasteiger charge is 2.17. The molecule has 2 heterocycles. The molecule has 0 aliphatic carbocycles. The summed E-state index contributed by atoms with van der Waals surface area (Å²) in [4.78, 5) is 0. The summed E-state index contributed by atoms with van der Waals surface area (Å²) in [7, 11) is 0. The maximum absolute atomic E-state index is 6.65. The van der Waals surface area contributed by atoms with Crippen LogP contribution in [0.5, 0.6) is 5.75 Å². The van der Waals surface area contributed by atoms with Crippen LogP contribution in [0.4, 0.5) is 5.69 Å². The normalized spacial score (nSPS) is 11.1. The van der Waals surface area contributed by atoms with E-state index in [1.54, 1.807) is 0 Å². The molecule has 0 saturated heterocycles. The van der Waals surface area contributed by atoms with Gasteiger partial charge in [-0.1, -0.05) is 119 Å². The lowest BCUT2D eigenvalue weighted by atomic mass is 10.0. The van der Waals surface area contributed by atoms with Gasteiger partial charge in [0.2, 0.25) is 0 Å². The molecule has 0 spiro atoms. The number of nitrogens with zero attached hydrogens (tertiary/aromatic N) is 1. The van der Waals surface area contributed by atoms with E-state index in [9.17, 15) is 0 Å². The van der Waals surface area contributed by atoms with Gasteiger partial charge in [-0.3, -0.25) is 0 Å². The van der Waals surface area contributed by atoms with Gasteiger partial charge in [-0.25, -0.2) is 0 Å². The van der Waals surface area contributed by atoms with Gasteiger partial charge < -0.3 is 19.5 Å². The fourth-order valence-electron chi connectivity index (χ4n) is 6.69. The van der Waals surface area contributed by atoms with E-state index in [-0.39, 0.29) is 0 Å². The zero-order chi connectivity index (χ0) is 32.5. The molecule has 4 nitrogen and oxygen atoms in total. The average Bonchev–Trinajstić information content (AvgIpc) is 3.68. The summed E-state index contributed by atoms with van der Waals surface area (Å²) in [6.45, 7) is 8.39. The summed E-state index contributed by atoms with van der Waals surface area (Å²) < 4.78 is 14.8. The summed E-state index contributed by atoms with van der Waals surface area (Å²) in [6, 6.07) is 46.7. The molecule has 2 N–H and O–H groups in total. The van der Waals surface area contributed by atoms with E-state index in [1.807, 2.05) is 64.1 Å². The van der Waals surface area contributed by atoms with E-state index in [0.29, 0.717) is 18.0 Å². The van der Waals surface area contributed by atoms with Crippen LogP contribution in [0, 0.1) is 0 Å². The molecule has 0 aliphatic heterocycles. The molecule has 0 unspecified atom stereocenters. The van der Waals surface area contributed by atoms with Crippen molar-refractivity contribution in [1.82, 2.24) is 4.57 Å². The quantitative estimate of drug-likeness (QED) is 0.201. The number of para-hydroxylation sites is 2. The van der Waals surface area contributed by atoms with E-state index in [1.165, 1.54) is 38.0 Å². The predicted molar refractivity (Wildman–Crippen MR) is 201 cm³/mol. The molecule has 0 bridgehead atoms. The van der Waals surface area contributed by atoms with Crippen LogP contribution in [0.15, 0.2) is 138 Å². The Morgan fingerprint density at radius 2 is 1.19 bits per heavy atom. The van der Waals surface area contributed by atoms with Gasteiger partial charge in [0.05, 0.1) is 27.8 Å². The molecular weight excluding hydrogens is 576 g/mol. The van der Waals surface area contributed by atoms with Crippen molar-refractivity contribution in [2.75, 3.05) is 5.73 Å². The Morgan fingerprint density at radius 3 is 1.98 bits per heavy atom. The first-order valence-electron chi connectivity index (χ1n) is 16.5. The molecule has 232 valence electrons. The molecule has 9 aromatic rings. The number of furan rings is 1. The summed E-state index contributed by atoms with van der Waals surface area (Å²) in [5.41, 5.74) is 13.5. The molecule has 7 aromatic carbocycles. The van der Waals surface area contributed by atoms with E-state index in [0.717, 1.165) is 38.6 Å². The molecule has 0 aliphatic rings. The summed E-state index contributed by atoms with van der Waals surface area (Å²) >= 11 is 0. The highest BCUT2D eigenvalue weighted by Crippen LogP contribution is 2.40. The van der Waals surface area contributed by atoms with Gasteiger partial charge in [0.1, 0.15) is 23.5 Å². The van der Waals surface area contributed by atoms with Crippen LogP contribution in [0.1, 0.15) is 33.3 Å². The number of nitrogens with two attached hydrogens (primary N) is 1. The number of anilines is 1. The predicted octanol–water partition coefficient (Wildman–Crippen LogP) is 12.2. The molecule has 0 saturated carbocycles. The van der Waals surface area contributed by atoms with Crippen molar-refractivity contribution in [3.05, 3.63) is 139 Å². The van der Waals surface area contributed by atoms with Gasteiger partial charge >= 0.3 is 0 Å². The summed E-state index contributed by atoms with van der Waals surface area (Å²) in [5.74, 6) is 0.654. The number of aromatic nitrogens is 1. The first-order chi connectivity index (χ1) is 23.2. The number of rotatable bonds is 4. The third-order valence-corrected chi connectivity index (χ3v) is 8.70.